The van der Waals surface area contributed by atoms with Gasteiger partial charge in [-0.3, -0.25) is 4.79 Å². The average Bonchev–Trinajstić information content (AvgIpc) is 3.04. The maximum absolute atomic E-state index is 12.4. The lowest BCUT2D eigenvalue weighted by molar-refractivity contribution is -0.143. The van der Waals surface area contributed by atoms with Crippen molar-refractivity contribution >= 4 is 42.9 Å². The molecule has 2 aromatic carbocycles. The molecule has 0 amide bonds. The number of esters is 1. The third kappa shape index (κ3) is 4.77. The molecule has 0 fully saturated rings. The zero-order chi connectivity index (χ0) is 19.4. The highest BCUT2D eigenvalue weighted by Gasteiger charge is 2.23. The maximum Gasteiger partial charge on any atom is 0.321 e. The summed E-state index contributed by atoms with van der Waals surface area (Å²) in [6.45, 7) is -0.247. The van der Waals surface area contributed by atoms with Gasteiger partial charge in [0.25, 0.3) is 0 Å². The summed E-state index contributed by atoms with van der Waals surface area (Å²) in [6.07, 6.45) is 0.410. The monoisotopic (exact) mass is 451 g/mol. The number of carbonyl (C=O) groups excluding carboxylic acids is 1. The van der Waals surface area contributed by atoms with Gasteiger partial charge in [-0.05, 0) is 36.4 Å². The van der Waals surface area contributed by atoms with Crippen LogP contribution in [-0.4, -0.2) is 38.9 Å². The minimum Gasteiger partial charge on any atom is -0.464 e. The van der Waals surface area contributed by atoms with E-state index >= 15 is 0 Å². The van der Waals surface area contributed by atoms with Crippen molar-refractivity contribution < 1.29 is 22.4 Å². The van der Waals surface area contributed by atoms with Crippen LogP contribution in [0.3, 0.4) is 0 Å². The molecule has 3 aromatic rings. The van der Waals surface area contributed by atoms with Crippen molar-refractivity contribution in [3.05, 3.63) is 64.8 Å². The predicted molar refractivity (Wildman–Crippen MR) is 105 cm³/mol. The fraction of sp³-hybridized carbons (Fsp3) is 0.211. The standard InChI is InChI=1S/C19H18BrNO5S/c1-21(27(23,24)17-5-3-2-4-6-17)13-19(22)25-10-9-16-12-14-11-15(20)7-8-18(14)26-16/h2-8,11-12H,9-10,13H2,1H3. The number of ether oxygens (including phenoxy) is 1. The van der Waals surface area contributed by atoms with Crippen LogP contribution in [-0.2, 0) is 26.0 Å². The summed E-state index contributed by atoms with van der Waals surface area (Å²) in [5, 5.41) is 0.958. The van der Waals surface area contributed by atoms with Crippen LogP contribution >= 0.6 is 15.9 Å². The van der Waals surface area contributed by atoms with Crippen LogP contribution in [0.25, 0.3) is 11.0 Å². The number of hydrogen-bond acceptors (Lipinski definition) is 5. The number of likely N-dealkylation sites (N-methyl/N-ethyl adjacent to an activating group) is 1. The minimum atomic E-state index is -3.72. The van der Waals surface area contributed by atoms with Gasteiger partial charge in [0.05, 0.1) is 11.5 Å². The van der Waals surface area contributed by atoms with Gasteiger partial charge < -0.3 is 9.15 Å². The van der Waals surface area contributed by atoms with Gasteiger partial charge in [0.1, 0.15) is 17.9 Å². The Morgan fingerprint density at radius 1 is 1.15 bits per heavy atom. The van der Waals surface area contributed by atoms with Crippen molar-refractivity contribution in [1.82, 2.24) is 4.31 Å². The molecule has 0 radical (unpaired) electrons. The van der Waals surface area contributed by atoms with Gasteiger partial charge >= 0.3 is 5.97 Å². The Morgan fingerprint density at radius 2 is 1.89 bits per heavy atom. The summed E-state index contributed by atoms with van der Waals surface area (Å²) in [4.78, 5) is 12.1. The first-order valence-corrected chi connectivity index (χ1v) is 10.4. The smallest absolute Gasteiger partial charge is 0.321 e. The zero-order valence-electron chi connectivity index (χ0n) is 14.6. The van der Waals surface area contributed by atoms with Gasteiger partial charge in [0, 0.05) is 23.3 Å². The van der Waals surface area contributed by atoms with Crippen LogP contribution in [0.4, 0.5) is 0 Å². The van der Waals surface area contributed by atoms with Gasteiger partial charge in [0.2, 0.25) is 10.0 Å². The van der Waals surface area contributed by atoms with Gasteiger partial charge in [-0.1, -0.05) is 34.1 Å². The van der Waals surface area contributed by atoms with E-state index < -0.39 is 16.0 Å². The Morgan fingerprint density at radius 3 is 2.63 bits per heavy atom. The molecule has 0 aliphatic carbocycles. The highest BCUT2D eigenvalue weighted by atomic mass is 79.9. The molecular formula is C19H18BrNO5S. The third-order valence-corrected chi connectivity index (χ3v) is 6.25. The zero-order valence-corrected chi connectivity index (χ0v) is 17.0. The number of sulfonamides is 1. The Kier molecular flexibility index (Phi) is 5.98. The van der Waals surface area contributed by atoms with Crippen LogP contribution in [0.5, 0.6) is 0 Å². The van der Waals surface area contributed by atoms with Crippen molar-refractivity contribution in [3.8, 4) is 0 Å². The van der Waals surface area contributed by atoms with Crippen LogP contribution in [0, 0.1) is 0 Å². The molecule has 0 unspecified atom stereocenters. The first-order valence-electron chi connectivity index (χ1n) is 8.21. The number of halogens is 1. The topological polar surface area (TPSA) is 76.8 Å². The van der Waals surface area contributed by atoms with Gasteiger partial charge in [-0.15, -0.1) is 0 Å². The second-order valence-electron chi connectivity index (χ2n) is 5.94. The normalized spacial score (nSPS) is 11.8. The molecule has 142 valence electrons. The minimum absolute atomic E-state index is 0.110. The molecule has 8 heteroatoms. The van der Waals surface area contributed by atoms with Gasteiger partial charge in [-0.25, -0.2) is 8.42 Å². The maximum atomic E-state index is 12.4. The highest BCUT2D eigenvalue weighted by Crippen LogP contribution is 2.23. The summed E-state index contributed by atoms with van der Waals surface area (Å²) >= 11 is 3.40. The van der Waals surface area contributed by atoms with E-state index in [9.17, 15) is 13.2 Å². The number of rotatable bonds is 7. The number of fused-ring (bicyclic) bond motifs is 1. The SMILES string of the molecule is CN(CC(=O)OCCc1cc2cc(Br)ccc2o1)S(=O)(=O)c1ccccc1. The molecule has 0 bridgehead atoms. The molecule has 0 N–H and O–H groups in total. The molecule has 0 aliphatic rings. The Balaban J connectivity index is 1.53. The molecule has 0 spiro atoms. The molecule has 1 aromatic heterocycles. The number of hydrogen-bond donors (Lipinski definition) is 0. The van der Waals surface area contributed by atoms with Crippen molar-refractivity contribution in [2.75, 3.05) is 20.2 Å². The molecule has 27 heavy (non-hydrogen) atoms. The van der Waals surface area contributed by atoms with Crippen LogP contribution in [0.1, 0.15) is 5.76 Å². The van der Waals surface area contributed by atoms with E-state index in [1.165, 1.54) is 19.2 Å². The van der Waals surface area contributed by atoms with E-state index in [4.69, 9.17) is 9.15 Å². The van der Waals surface area contributed by atoms with Crippen LogP contribution < -0.4 is 0 Å². The van der Waals surface area contributed by atoms with Crippen molar-refractivity contribution in [2.24, 2.45) is 0 Å². The second-order valence-corrected chi connectivity index (χ2v) is 8.90. The largest absolute Gasteiger partial charge is 0.464 e. The van der Waals surface area contributed by atoms with Crippen LogP contribution in [0.15, 0.2) is 68.4 Å². The number of benzene rings is 2. The second kappa shape index (κ2) is 8.24. The molecule has 0 aliphatic heterocycles. The Hall–Kier alpha value is -2.16. The van der Waals surface area contributed by atoms with Crippen molar-refractivity contribution in [2.45, 2.75) is 11.3 Å². The number of carbonyl (C=O) groups is 1. The third-order valence-electron chi connectivity index (χ3n) is 3.94. The van der Waals surface area contributed by atoms with Crippen molar-refractivity contribution in [1.29, 1.82) is 0 Å². The summed E-state index contributed by atoms with van der Waals surface area (Å²) in [5.41, 5.74) is 0.758. The molecular weight excluding hydrogens is 434 g/mol. The average molecular weight is 452 g/mol. The Labute approximate surface area is 165 Å². The van der Waals surface area contributed by atoms with E-state index in [0.29, 0.717) is 12.2 Å². The lowest BCUT2D eigenvalue weighted by Crippen LogP contribution is -2.33. The summed E-state index contributed by atoms with van der Waals surface area (Å²) < 4.78 is 37.5. The molecule has 0 atom stereocenters. The van der Waals surface area contributed by atoms with E-state index in [-0.39, 0.29) is 18.0 Å². The molecule has 3 rings (SSSR count). The molecule has 0 saturated heterocycles. The summed E-state index contributed by atoms with van der Waals surface area (Å²) in [6, 6.07) is 15.5. The molecule has 1 heterocycles. The summed E-state index contributed by atoms with van der Waals surface area (Å²) in [5.74, 6) is 0.0806. The van der Waals surface area contributed by atoms with E-state index in [0.717, 1.165) is 19.7 Å². The first kappa shape index (κ1) is 19.6. The van der Waals surface area contributed by atoms with Crippen molar-refractivity contribution in [3.63, 3.8) is 0 Å². The van der Waals surface area contributed by atoms with E-state index in [2.05, 4.69) is 15.9 Å². The molecule has 6 nitrogen and oxygen atoms in total. The molecule has 0 saturated carbocycles. The first-order chi connectivity index (χ1) is 12.9. The van der Waals surface area contributed by atoms with E-state index in [1.807, 2.05) is 24.3 Å². The van der Waals surface area contributed by atoms with E-state index in [1.54, 1.807) is 18.2 Å². The number of furan rings is 1. The highest BCUT2D eigenvalue weighted by molar-refractivity contribution is 9.10. The van der Waals surface area contributed by atoms with Gasteiger partial charge in [0.15, 0.2) is 0 Å². The predicted octanol–water partition coefficient (Wildman–Crippen LogP) is 3.60. The number of nitrogens with zero attached hydrogens (tertiary/aromatic N) is 1. The lowest BCUT2D eigenvalue weighted by atomic mass is 10.2. The fourth-order valence-electron chi connectivity index (χ4n) is 2.54. The lowest BCUT2D eigenvalue weighted by Gasteiger charge is -2.16. The fourth-order valence-corrected chi connectivity index (χ4v) is 4.06. The quantitative estimate of drug-likeness (QED) is 0.512. The van der Waals surface area contributed by atoms with Crippen LogP contribution in [0.2, 0.25) is 0 Å². The summed E-state index contributed by atoms with van der Waals surface area (Å²) in [7, 11) is -2.38. The Bertz CT molecular complexity index is 1050. The van der Waals surface area contributed by atoms with Gasteiger partial charge in [-0.2, -0.15) is 4.31 Å².